The van der Waals surface area contributed by atoms with Crippen LogP contribution in [0.2, 0.25) is 0 Å². The average molecular weight is 266 g/mol. The zero-order valence-corrected chi connectivity index (χ0v) is 9.48. The number of hydrogen-bond acceptors (Lipinski definition) is 4. The fraction of sp³-hybridized carbons (Fsp3) is 0.455. The van der Waals surface area contributed by atoms with Gasteiger partial charge in [-0.2, -0.15) is 13.2 Å². The van der Waals surface area contributed by atoms with Gasteiger partial charge in [0.05, 0.1) is 0 Å². The van der Waals surface area contributed by atoms with Crippen LogP contribution in [0.25, 0.3) is 0 Å². The standard InChI is InChI=1S/C11H13F3O4/c1-2-9(10(16,17)11(12,13)14)18-8-5-3-4-7(15)6-8/h3-6,9,15-17H,2H2,1H3. The molecule has 0 heterocycles. The number of ether oxygens (including phenoxy) is 1. The number of alkyl halides is 3. The number of phenolic OH excluding ortho intramolecular Hbond substituents is 1. The molecule has 4 nitrogen and oxygen atoms in total. The molecule has 0 fully saturated rings. The van der Waals surface area contributed by atoms with E-state index in [-0.39, 0.29) is 17.9 Å². The van der Waals surface area contributed by atoms with Gasteiger partial charge in [0.25, 0.3) is 5.79 Å². The molecule has 1 aromatic rings. The second-order valence-electron chi connectivity index (χ2n) is 3.74. The lowest BCUT2D eigenvalue weighted by Gasteiger charge is -2.32. The van der Waals surface area contributed by atoms with Crippen LogP contribution in [-0.4, -0.2) is 33.4 Å². The van der Waals surface area contributed by atoms with Crippen LogP contribution in [0.5, 0.6) is 11.5 Å². The van der Waals surface area contributed by atoms with Gasteiger partial charge in [0.1, 0.15) is 11.5 Å². The highest BCUT2D eigenvalue weighted by atomic mass is 19.4. The summed E-state index contributed by atoms with van der Waals surface area (Å²) in [6.07, 6.45) is -7.40. The molecule has 7 heteroatoms. The van der Waals surface area contributed by atoms with Crippen LogP contribution in [0.4, 0.5) is 13.2 Å². The second kappa shape index (κ2) is 5.03. The zero-order chi connectivity index (χ0) is 14.0. The summed E-state index contributed by atoms with van der Waals surface area (Å²) in [5.74, 6) is -4.23. The van der Waals surface area contributed by atoms with Crippen molar-refractivity contribution in [2.24, 2.45) is 0 Å². The Morgan fingerprint density at radius 1 is 1.28 bits per heavy atom. The van der Waals surface area contributed by atoms with E-state index >= 15 is 0 Å². The number of phenols is 1. The summed E-state index contributed by atoms with van der Waals surface area (Å²) in [6.45, 7) is 1.32. The Kier molecular flexibility index (Phi) is 4.08. The van der Waals surface area contributed by atoms with E-state index in [1.54, 1.807) is 0 Å². The van der Waals surface area contributed by atoms with Crippen LogP contribution < -0.4 is 4.74 Å². The molecule has 0 aromatic heterocycles. The van der Waals surface area contributed by atoms with Crippen LogP contribution in [-0.2, 0) is 0 Å². The lowest BCUT2D eigenvalue weighted by Crippen LogP contribution is -2.56. The topological polar surface area (TPSA) is 69.9 Å². The summed E-state index contributed by atoms with van der Waals surface area (Å²) in [5, 5.41) is 27.3. The van der Waals surface area contributed by atoms with Crippen molar-refractivity contribution >= 4 is 0 Å². The maximum absolute atomic E-state index is 12.4. The van der Waals surface area contributed by atoms with Crippen molar-refractivity contribution in [1.29, 1.82) is 0 Å². The molecule has 0 radical (unpaired) electrons. The van der Waals surface area contributed by atoms with Gasteiger partial charge in [-0.15, -0.1) is 0 Å². The van der Waals surface area contributed by atoms with E-state index in [4.69, 9.17) is 20.1 Å². The molecule has 0 saturated carbocycles. The fourth-order valence-corrected chi connectivity index (χ4v) is 1.35. The molecule has 18 heavy (non-hydrogen) atoms. The van der Waals surface area contributed by atoms with E-state index in [2.05, 4.69) is 0 Å². The Balaban J connectivity index is 2.92. The normalized spacial score (nSPS) is 14.3. The van der Waals surface area contributed by atoms with Gasteiger partial charge < -0.3 is 20.1 Å². The van der Waals surface area contributed by atoms with Crippen molar-refractivity contribution in [3.63, 3.8) is 0 Å². The molecule has 3 N–H and O–H groups in total. The minimum atomic E-state index is -5.23. The number of aromatic hydroxyl groups is 1. The van der Waals surface area contributed by atoms with Crippen molar-refractivity contribution in [3.05, 3.63) is 24.3 Å². The van der Waals surface area contributed by atoms with E-state index < -0.39 is 18.1 Å². The van der Waals surface area contributed by atoms with Crippen molar-refractivity contribution in [2.45, 2.75) is 31.4 Å². The molecule has 0 saturated heterocycles. The first-order valence-electron chi connectivity index (χ1n) is 5.15. The molecular weight excluding hydrogens is 253 g/mol. The number of hydrogen-bond donors (Lipinski definition) is 3. The molecule has 1 unspecified atom stereocenters. The predicted molar refractivity (Wildman–Crippen MR) is 56.0 cm³/mol. The molecule has 102 valence electrons. The van der Waals surface area contributed by atoms with Crippen LogP contribution >= 0.6 is 0 Å². The summed E-state index contributed by atoms with van der Waals surface area (Å²) in [5.41, 5.74) is 0. The third-order valence-electron chi connectivity index (χ3n) is 2.33. The highest BCUT2D eigenvalue weighted by molar-refractivity contribution is 5.32. The highest BCUT2D eigenvalue weighted by Gasteiger charge is 2.59. The third-order valence-corrected chi connectivity index (χ3v) is 2.33. The Hall–Kier alpha value is -1.47. The molecular formula is C11H13F3O4. The number of rotatable bonds is 4. The van der Waals surface area contributed by atoms with Gasteiger partial charge in [-0.05, 0) is 18.6 Å². The second-order valence-corrected chi connectivity index (χ2v) is 3.74. The van der Waals surface area contributed by atoms with E-state index in [1.807, 2.05) is 0 Å². The molecule has 0 aliphatic carbocycles. The van der Waals surface area contributed by atoms with Gasteiger partial charge >= 0.3 is 6.18 Å². The van der Waals surface area contributed by atoms with Crippen LogP contribution in [0.3, 0.4) is 0 Å². The van der Waals surface area contributed by atoms with Gasteiger partial charge in [-0.3, -0.25) is 0 Å². The van der Waals surface area contributed by atoms with E-state index in [9.17, 15) is 13.2 Å². The number of aliphatic hydroxyl groups is 2. The molecule has 1 atom stereocenters. The van der Waals surface area contributed by atoms with E-state index in [0.29, 0.717) is 0 Å². The lowest BCUT2D eigenvalue weighted by molar-refractivity contribution is -0.374. The maximum atomic E-state index is 12.4. The van der Waals surface area contributed by atoms with Crippen molar-refractivity contribution < 1.29 is 33.2 Å². The van der Waals surface area contributed by atoms with Gasteiger partial charge in [0.15, 0.2) is 6.10 Å². The first kappa shape index (κ1) is 14.6. The van der Waals surface area contributed by atoms with E-state index in [1.165, 1.54) is 25.1 Å². The Bertz CT molecular complexity index is 404. The van der Waals surface area contributed by atoms with Crippen LogP contribution in [0, 0.1) is 0 Å². The molecule has 0 aliphatic heterocycles. The van der Waals surface area contributed by atoms with Gasteiger partial charge in [-0.1, -0.05) is 13.0 Å². The third kappa shape index (κ3) is 3.05. The quantitative estimate of drug-likeness (QED) is 0.727. The zero-order valence-electron chi connectivity index (χ0n) is 9.48. The minimum absolute atomic E-state index is 0.0847. The largest absolute Gasteiger partial charge is 0.508 e. The lowest BCUT2D eigenvalue weighted by atomic mass is 10.1. The molecule has 1 aromatic carbocycles. The predicted octanol–water partition coefficient (Wildman–Crippen LogP) is 1.79. The minimum Gasteiger partial charge on any atom is -0.508 e. The SMILES string of the molecule is CCC(Oc1cccc(O)c1)C(O)(O)C(F)(F)F. The molecule has 1 rings (SSSR count). The molecule has 0 bridgehead atoms. The highest BCUT2D eigenvalue weighted by Crippen LogP contribution is 2.34. The molecule has 0 aliphatic rings. The van der Waals surface area contributed by atoms with Gasteiger partial charge in [0, 0.05) is 6.07 Å². The summed E-state index contributed by atoms with van der Waals surface area (Å²) in [6, 6.07) is 5.05. The fourth-order valence-electron chi connectivity index (χ4n) is 1.35. The summed E-state index contributed by atoms with van der Waals surface area (Å²) in [7, 11) is 0. The Labute approximate surface area is 101 Å². The first-order valence-corrected chi connectivity index (χ1v) is 5.15. The number of benzene rings is 1. The van der Waals surface area contributed by atoms with Crippen molar-refractivity contribution in [2.75, 3.05) is 0 Å². The monoisotopic (exact) mass is 266 g/mol. The molecule has 0 amide bonds. The smallest absolute Gasteiger partial charge is 0.446 e. The first-order chi connectivity index (χ1) is 8.18. The van der Waals surface area contributed by atoms with Gasteiger partial charge in [0.2, 0.25) is 0 Å². The van der Waals surface area contributed by atoms with Crippen LogP contribution in [0.15, 0.2) is 24.3 Å². The van der Waals surface area contributed by atoms with E-state index in [0.717, 1.165) is 6.07 Å². The Morgan fingerprint density at radius 2 is 1.89 bits per heavy atom. The number of halogens is 3. The Morgan fingerprint density at radius 3 is 2.33 bits per heavy atom. The maximum Gasteiger partial charge on any atom is 0.446 e. The summed E-state index contributed by atoms with van der Waals surface area (Å²) < 4.78 is 42.1. The average Bonchev–Trinajstić information content (AvgIpc) is 2.24. The molecule has 0 spiro atoms. The van der Waals surface area contributed by atoms with Crippen molar-refractivity contribution in [1.82, 2.24) is 0 Å². The van der Waals surface area contributed by atoms with Gasteiger partial charge in [-0.25, -0.2) is 0 Å². The van der Waals surface area contributed by atoms with Crippen LogP contribution in [0.1, 0.15) is 13.3 Å². The van der Waals surface area contributed by atoms with Crippen molar-refractivity contribution in [3.8, 4) is 11.5 Å². The summed E-state index contributed by atoms with van der Waals surface area (Å²) >= 11 is 0. The summed E-state index contributed by atoms with van der Waals surface area (Å²) in [4.78, 5) is 0.